The van der Waals surface area contributed by atoms with E-state index in [0.717, 1.165) is 20.5 Å². The molecule has 0 aliphatic carbocycles. The predicted octanol–water partition coefficient (Wildman–Crippen LogP) is -0.650. The molecule has 0 rings (SSSR count). The van der Waals surface area contributed by atoms with Crippen molar-refractivity contribution in [2.45, 2.75) is 19.8 Å². The minimum absolute atomic E-state index is 0.0413. The Morgan fingerprint density at radius 3 is 1.55 bits per heavy atom. The maximum absolute atomic E-state index is 8.36. The summed E-state index contributed by atoms with van der Waals surface area (Å²) in [6, 6.07) is 0. The fourth-order valence-corrected chi connectivity index (χ4v) is 0.951. The standard InChI is InChI=1S/C8H18O5.C4H10BO2/c9-1-3-11-5-7-13-8-6-12-4-2-10;1-2-3-4-7-5-6/h9-10H,1-8H2;6H,2-4H2,1H3. The molecule has 0 heterocycles. The van der Waals surface area contributed by atoms with Gasteiger partial charge in [-0.25, -0.2) is 0 Å². The number of ether oxygens (including phenoxy) is 3. The minimum Gasteiger partial charge on any atom is -0.429 e. The van der Waals surface area contributed by atoms with E-state index in [4.69, 9.17) is 29.4 Å². The molecule has 121 valence electrons. The second kappa shape index (κ2) is 23.8. The Morgan fingerprint density at radius 2 is 1.20 bits per heavy atom. The lowest BCUT2D eigenvalue weighted by Gasteiger charge is -2.04. The molecule has 3 N–H and O–H groups in total. The van der Waals surface area contributed by atoms with Gasteiger partial charge < -0.3 is 34.1 Å². The van der Waals surface area contributed by atoms with Crippen molar-refractivity contribution in [3.63, 3.8) is 0 Å². The molecular formula is C12H28BO7. The number of hydrogen-bond acceptors (Lipinski definition) is 7. The molecule has 0 aliphatic rings. The highest BCUT2D eigenvalue weighted by Crippen LogP contribution is 1.84. The third-order valence-electron chi connectivity index (χ3n) is 1.91. The maximum atomic E-state index is 8.36. The van der Waals surface area contributed by atoms with E-state index in [-0.39, 0.29) is 13.2 Å². The lowest BCUT2D eigenvalue weighted by Crippen LogP contribution is -2.11. The van der Waals surface area contributed by atoms with E-state index in [2.05, 4.69) is 11.6 Å². The normalized spacial score (nSPS) is 10.0. The summed E-state index contributed by atoms with van der Waals surface area (Å²) in [6.07, 6.45) is 2.12. The summed E-state index contributed by atoms with van der Waals surface area (Å²) >= 11 is 0. The third kappa shape index (κ3) is 26.4. The van der Waals surface area contributed by atoms with Crippen LogP contribution in [0.15, 0.2) is 0 Å². The van der Waals surface area contributed by atoms with Gasteiger partial charge in [0, 0.05) is 6.61 Å². The number of hydrogen-bond donors (Lipinski definition) is 3. The van der Waals surface area contributed by atoms with Crippen molar-refractivity contribution in [1.82, 2.24) is 0 Å². The van der Waals surface area contributed by atoms with Gasteiger partial charge in [0.05, 0.1) is 52.9 Å². The van der Waals surface area contributed by atoms with Crippen molar-refractivity contribution in [3.8, 4) is 0 Å². The summed E-state index contributed by atoms with van der Waals surface area (Å²) in [5.74, 6) is 0. The molecule has 0 fully saturated rings. The van der Waals surface area contributed by atoms with Crippen LogP contribution in [0.5, 0.6) is 0 Å². The zero-order valence-corrected chi connectivity index (χ0v) is 12.3. The van der Waals surface area contributed by atoms with Gasteiger partial charge in [0.15, 0.2) is 0 Å². The van der Waals surface area contributed by atoms with Crippen LogP contribution in [0.2, 0.25) is 0 Å². The maximum Gasteiger partial charge on any atom is 0.485 e. The topological polar surface area (TPSA) is 97.6 Å². The van der Waals surface area contributed by atoms with Crippen LogP contribution in [0, 0.1) is 0 Å². The molecule has 0 spiro atoms. The molecule has 8 heteroatoms. The highest BCUT2D eigenvalue weighted by Gasteiger charge is 1.90. The first-order valence-corrected chi connectivity index (χ1v) is 6.85. The van der Waals surface area contributed by atoms with Gasteiger partial charge in [-0.15, -0.1) is 0 Å². The van der Waals surface area contributed by atoms with Crippen LogP contribution >= 0.6 is 0 Å². The SMILES string of the molecule is CCCCO[B]O.OCCOCCOCCOCCO. The zero-order chi connectivity index (χ0) is 15.3. The molecule has 7 nitrogen and oxygen atoms in total. The summed E-state index contributed by atoms with van der Waals surface area (Å²) in [4.78, 5) is 0. The number of rotatable bonds is 14. The van der Waals surface area contributed by atoms with E-state index in [1.165, 1.54) is 0 Å². The van der Waals surface area contributed by atoms with Gasteiger partial charge in [0.25, 0.3) is 0 Å². The summed E-state index contributed by atoms with van der Waals surface area (Å²) < 4.78 is 19.5. The fourth-order valence-electron chi connectivity index (χ4n) is 0.951. The molecule has 20 heavy (non-hydrogen) atoms. The monoisotopic (exact) mass is 295 g/mol. The average Bonchev–Trinajstić information content (AvgIpc) is 2.47. The third-order valence-corrected chi connectivity index (χ3v) is 1.91. The van der Waals surface area contributed by atoms with E-state index in [1.807, 2.05) is 0 Å². The van der Waals surface area contributed by atoms with Gasteiger partial charge in [-0.2, -0.15) is 0 Å². The van der Waals surface area contributed by atoms with Crippen molar-refractivity contribution in [1.29, 1.82) is 0 Å². The van der Waals surface area contributed by atoms with Gasteiger partial charge in [0.1, 0.15) is 0 Å². The molecule has 0 saturated carbocycles. The first-order chi connectivity index (χ1) is 9.83. The molecule has 0 saturated heterocycles. The lowest BCUT2D eigenvalue weighted by molar-refractivity contribution is 0.00230. The Morgan fingerprint density at radius 1 is 0.750 bits per heavy atom. The molecule has 0 unspecified atom stereocenters. The molecule has 0 aromatic heterocycles. The molecule has 0 aliphatic heterocycles. The Bertz CT molecular complexity index is 138. The van der Waals surface area contributed by atoms with Gasteiger partial charge in [0.2, 0.25) is 0 Å². The minimum atomic E-state index is 0.0413. The molecular weight excluding hydrogens is 267 g/mol. The van der Waals surface area contributed by atoms with Crippen molar-refractivity contribution < 1.29 is 34.1 Å². The molecule has 1 radical (unpaired) electrons. The molecule has 0 amide bonds. The van der Waals surface area contributed by atoms with Crippen LogP contribution in [0.3, 0.4) is 0 Å². The first kappa shape index (κ1) is 22.1. The summed E-state index contributed by atoms with van der Waals surface area (Å²) in [7, 11) is 0.732. The van der Waals surface area contributed by atoms with Crippen LogP contribution in [-0.4, -0.2) is 82.4 Å². The van der Waals surface area contributed by atoms with Crippen molar-refractivity contribution in [2.24, 2.45) is 0 Å². The first-order valence-electron chi connectivity index (χ1n) is 6.85. The van der Waals surface area contributed by atoms with E-state index in [9.17, 15) is 0 Å². The zero-order valence-electron chi connectivity index (χ0n) is 12.3. The van der Waals surface area contributed by atoms with E-state index < -0.39 is 0 Å². The van der Waals surface area contributed by atoms with E-state index >= 15 is 0 Å². The van der Waals surface area contributed by atoms with Gasteiger partial charge >= 0.3 is 7.69 Å². The van der Waals surface area contributed by atoms with Crippen LogP contribution in [0.1, 0.15) is 19.8 Å². The number of unbranched alkanes of at least 4 members (excludes halogenated alkanes) is 1. The van der Waals surface area contributed by atoms with Gasteiger partial charge in [-0.3, -0.25) is 0 Å². The molecule has 0 aromatic rings. The molecule has 0 atom stereocenters. The van der Waals surface area contributed by atoms with Crippen LogP contribution in [0.4, 0.5) is 0 Å². The van der Waals surface area contributed by atoms with E-state index in [0.29, 0.717) is 46.2 Å². The van der Waals surface area contributed by atoms with Crippen molar-refractivity contribution in [2.75, 3.05) is 59.5 Å². The smallest absolute Gasteiger partial charge is 0.429 e. The second-order valence-electron chi connectivity index (χ2n) is 3.61. The highest BCUT2D eigenvalue weighted by atomic mass is 16.5. The summed E-state index contributed by atoms with van der Waals surface area (Å²) in [5.41, 5.74) is 0. The van der Waals surface area contributed by atoms with Gasteiger partial charge in [-0.05, 0) is 6.42 Å². The number of aliphatic hydroxyl groups is 2. The van der Waals surface area contributed by atoms with Crippen molar-refractivity contribution in [3.05, 3.63) is 0 Å². The molecule has 0 aromatic carbocycles. The predicted molar refractivity (Wildman–Crippen MR) is 75.5 cm³/mol. The quantitative estimate of drug-likeness (QED) is 0.289. The van der Waals surface area contributed by atoms with Gasteiger partial charge in [-0.1, -0.05) is 13.3 Å². The van der Waals surface area contributed by atoms with Crippen LogP contribution in [-0.2, 0) is 18.9 Å². The summed E-state index contributed by atoms with van der Waals surface area (Å²) in [5, 5.41) is 24.7. The second-order valence-corrected chi connectivity index (χ2v) is 3.61. The van der Waals surface area contributed by atoms with Crippen LogP contribution in [0.25, 0.3) is 0 Å². The van der Waals surface area contributed by atoms with Crippen molar-refractivity contribution >= 4 is 7.69 Å². The molecule has 0 bridgehead atoms. The Balaban J connectivity index is 0. The number of aliphatic hydroxyl groups excluding tert-OH is 2. The lowest BCUT2D eigenvalue weighted by atomic mass is 10.3. The van der Waals surface area contributed by atoms with E-state index in [1.54, 1.807) is 0 Å². The Kier molecular flexibility index (Phi) is 26.3. The Hall–Kier alpha value is -0.215. The largest absolute Gasteiger partial charge is 0.485 e. The van der Waals surface area contributed by atoms with Crippen LogP contribution < -0.4 is 0 Å². The Labute approximate surface area is 122 Å². The fraction of sp³-hybridized carbons (Fsp3) is 1.00. The average molecular weight is 295 g/mol. The highest BCUT2D eigenvalue weighted by molar-refractivity contribution is 6.15. The summed E-state index contributed by atoms with van der Waals surface area (Å²) in [6.45, 7) is 5.47.